The number of halogens is 1. The first kappa shape index (κ1) is 36.3. The van der Waals surface area contributed by atoms with Crippen LogP contribution in [0.2, 0.25) is 18.1 Å². The number of aromatic nitrogens is 3. The molecule has 0 unspecified atom stereocenters. The van der Waals surface area contributed by atoms with Crippen LogP contribution in [0.5, 0.6) is 11.8 Å². The number of rotatable bonds is 7. The summed E-state index contributed by atoms with van der Waals surface area (Å²) in [4.78, 5) is 34.0. The Morgan fingerprint density at radius 3 is 2.35 bits per heavy atom. The number of hydrogen-bond donors (Lipinski definition) is 0. The van der Waals surface area contributed by atoms with E-state index in [2.05, 4.69) is 50.7 Å². The lowest BCUT2D eigenvalue weighted by Crippen LogP contribution is -2.57. The third kappa shape index (κ3) is 7.03. The summed E-state index contributed by atoms with van der Waals surface area (Å²) in [7, 11) is -0.101. The lowest BCUT2D eigenvalue weighted by atomic mass is 10.00. The predicted octanol–water partition coefficient (Wildman–Crippen LogP) is 8.43. The zero-order chi connectivity index (χ0) is 37.2. The summed E-state index contributed by atoms with van der Waals surface area (Å²) in [5, 5.41) is 2.32. The molecule has 3 aliphatic rings. The van der Waals surface area contributed by atoms with E-state index in [4.69, 9.17) is 28.9 Å². The normalized spacial score (nSPS) is 21.3. The van der Waals surface area contributed by atoms with Crippen LogP contribution < -0.4 is 14.1 Å². The van der Waals surface area contributed by atoms with Crippen molar-refractivity contribution in [2.24, 2.45) is 0 Å². The molecule has 7 rings (SSSR count). The minimum atomic E-state index is -2.20. The Bertz CT molecular complexity index is 1980. The highest BCUT2D eigenvalue weighted by atomic mass is 28.4. The minimum Gasteiger partial charge on any atom is -0.543 e. The van der Waals surface area contributed by atoms with Crippen molar-refractivity contribution in [2.45, 2.75) is 109 Å². The molecular weight excluding hydrogens is 676 g/mol. The van der Waals surface area contributed by atoms with Gasteiger partial charge in [0.15, 0.2) is 5.82 Å². The number of anilines is 1. The highest BCUT2D eigenvalue weighted by molar-refractivity contribution is 6.74. The van der Waals surface area contributed by atoms with E-state index in [0.29, 0.717) is 42.2 Å². The number of benzene rings is 2. The van der Waals surface area contributed by atoms with Gasteiger partial charge in [0, 0.05) is 30.9 Å². The Balaban J connectivity index is 1.31. The van der Waals surface area contributed by atoms with Gasteiger partial charge in [0.1, 0.15) is 35.0 Å². The summed E-state index contributed by atoms with van der Waals surface area (Å²) in [6.45, 7) is 19.2. The molecule has 2 bridgehead atoms. The second-order valence-electron chi connectivity index (χ2n) is 17.3. The highest BCUT2D eigenvalue weighted by Crippen LogP contribution is 2.42. The van der Waals surface area contributed by atoms with Gasteiger partial charge < -0.3 is 23.7 Å². The van der Waals surface area contributed by atoms with Gasteiger partial charge in [-0.05, 0) is 101 Å². The lowest BCUT2D eigenvalue weighted by Gasteiger charge is -2.42. The second-order valence-corrected chi connectivity index (χ2v) is 22.1. The van der Waals surface area contributed by atoms with E-state index in [1.54, 1.807) is 6.20 Å². The van der Waals surface area contributed by atoms with E-state index >= 15 is 4.39 Å². The standard InChI is InChI=1S/C40H53FN6O4Si/c1-39(2,3)50-38(48)47-26-16-17-27(47)23-46(22-26)36-32-21-42-34(33(41)35(32)43-37(44-36)49-24-28-14-12-18-45(28)7)31-20-29(51-52(8,9)40(4,5)6)19-25-13-10-11-15-30(25)31/h10-11,13,15,19-21,26-28H,12,14,16-18,22-24H2,1-9H3/t26-,27+,28-/m0/s1. The predicted molar refractivity (Wildman–Crippen MR) is 206 cm³/mol. The van der Waals surface area contributed by atoms with E-state index < -0.39 is 19.7 Å². The van der Waals surface area contributed by atoms with Gasteiger partial charge in [0.25, 0.3) is 0 Å². The van der Waals surface area contributed by atoms with Crippen LogP contribution in [0, 0.1) is 5.82 Å². The molecule has 3 atom stereocenters. The Morgan fingerprint density at radius 2 is 1.69 bits per heavy atom. The van der Waals surface area contributed by atoms with Gasteiger partial charge in [0.05, 0.1) is 17.5 Å². The zero-order valence-corrected chi connectivity index (χ0v) is 33.1. The molecule has 52 heavy (non-hydrogen) atoms. The third-order valence-corrected chi connectivity index (χ3v) is 15.7. The third-order valence-electron chi connectivity index (χ3n) is 11.4. The van der Waals surface area contributed by atoms with Gasteiger partial charge in [-0.2, -0.15) is 9.97 Å². The maximum atomic E-state index is 17.2. The maximum Gasteiger partial charge on any atom is 0.410 e. The summed E-state index contributed by atoms with van der Waals surface area (Å²) in [5.41, 5.74) is 0.418. The minimum absolute atomic E-state index is 0.0137. The second kappa shape index (κ2) is 13.4. The largest absolute Gasteiger partial charge is 0.543 e. The van der Waals surface area contributed by atoms with Crippen molar-refractivity contribution in [3.05, 3.63) is 48.4 Å². The number of hydrogen-bond acceptors (Lipinski definition) is 9. The van der Waals surface area contributed by atoms with Gasteiger partial charge in [-0.3, -0.25) is 9.88 Å². The maximum absolute atomic E-state index is 17.2. The first-order valence-electron chi connectivity index (χ1n) is 18.7. The smallest absolute Gasteiger partial charge is 0.410 e. The van der Waals surface area contributed by atoms with Gasteiger partial charge in [-0.1, -0.05) is 45.0 Å². The fraction of sp³-hybridized carbons (Fsp3) is 0.550. The molecule has 0 radical (unpaired) electrons. The Hall–Kier alpha value is -4.03. The first-order chi connectivity index (χ1) is 24.5. The molecule has 10 nitrogen and oxygen atoms in total. The van der Waals surface area contributed by atoms with Gasteiger partial charge >= 0.3 is 12.1 Å². The SMILES string of the molecule is CN1CCC[C@H]1COc1nc(N2C[C@H]3CC[C@@H](C2)N3C(=O)OC(C)(C)C)c2cnc(-c3cc(O[Si](C)(C)C(C)(C)C)cc4ccccc34)c(F)c2n1. The zero-order valence-electron chi connectivity index (χ0n) is 32.1. The molecule has 2 aromatic heterocycles. The van der Waals surface area contributed by atoms with E-state index in [0.717, 1.165) is 43.0 Å². The number of likely N-dealkylation sites (N-methyl/N-ethyl adjacent to an activating group) is 1. The van der Waals surface area contributed by atoms with Crippen molar-refractivity contribution < 1.29 is 23.1 Å². The van der Waals surface area contributed by atoms with Gasteiger partial charge in [0.2, 0.25) is 8.32 Å². The molecule has 0 aliphatic carbocycles. The van der Waals surface area contributed by atoms with Crippen molar-refractivity contribution in [2.75, 3.05) is 38.2 Å². The summed E-state index contributed by atoms with van der Waals surface area (Å²) >= 11 is 0. The van der Waals surface area contributed by atoms with Crippen LogP contribution in [0.25, 0.3) is 32.9 Å². The number of fused-ring (bicyclic) bond motifs is 4. The molecule has 4 aromatic rings. The average molecular weight is 729 g/mol. The molecule has 0 N–H and O–H groups in total. The molecule has 3 aliphatic heterocycles. The molecule has 12 heteroatoms. The van der Waals surface area contributed by atoms with Crippen LogP contribution in [0.15, 0.2) is 42.6 Å². The van der Waals surface area contributed by atoms with Gasteiger partial charge in [-0.15, -0.1) is 0 Å². The Morgan fingerprint density at radius 1 is 0.981 bits per heavy atom. The molecule has 0 saturated carbocycles. The number of carbonyl (C=O) groups is 1. The number of nitrogens with zero attached hydrogens (tertiary/aromatic N) is 6. The molecule has 3 fully saturated rings. The van der Waals surface area contributed by atoms with Crippen LogP contribution in [-0.4, -0.2) is 96.2 Å². The molecular formula is C40H53FN6O4Si. The first-order valence-corrected chi connectivity index (χ1v) is 21.6. The van der Waals surface area contributed by atoms with E-state index in [-0.39, 0.29) is 46.5 Å². The lowest BCUT2D eigenvalue weighted by molar-refractivity contribution is 0.0122. The van der Waals surface area contributed by atoms with Crippen molar-refractivity contribution in [1.82, 2.24) is 24.8 Å². The van der Waals surface area contributed by atoms with Crippen LogP contribution in [0.1, 0.15) is 67.2 Å². The Labute approximate surface area is 307 Å². The quantitative estimate of drug-likeness (QED) is 0.174. The number of ether oxygens (including phenoxy) is 2. The van der Waals surface area contributed by atoms with Crippen LogP contribution >= 0.6 is 0 Å². The van der Waals surface area contributed by atoms with Gasteiger partial charge in [-0.25, -0.2) is 9.18 Å². The molecule has 2 aromatic carbocycles. The number of likely N-dealkylation sites (tertiary alicyclic amines) is 1. The molecule has 3 saturated heterocycles. The number of piperazine rings is 1. The monoisotopic (exact) mass is 728 g/mol. The number of pyridine rings is 1. The summed E-state index contributed by atoms with van der Waals surface area (Å²) in [5.74, 6) is 0.736. The van der Waals surface area contributed by atoms with Crippen LogP contribution in [-0.2, 0) is 4.74 Å². The number of amides is 1. The molecule has 0 spiro atoms. The summed E-state index contributed by atoms with van der Waals surface area (Å²) in [6.07, 6.45) is 5.25. The fourth-order valence-corrected chi connectivity index (χ4v) is 8.56. The Kier molecular flexibility index (Phi) is 9.38. The van der Waals surface area contributed by atoms with E-state index in [1.807, 2.05) is 62.1 Å². The van der Waals surface area contributed by atoms with Crippen molar-refractivity contribution >= 4 is 41.9 Å². The fourth-order valence-electron chi connectivity index (χ4n) is 7.55. The van der Waals surface area contributed by atoms with E-state index in [1.165, 1.54) is 0 Å². The van der Waals surface area contributed by atoms with Crippen LogP contribution in [0.3, 0.4) is 0 Å². The molecule has 278 valence electrons. The topological polar surface area (TPSA) is 93.2 Å². The molecule has 5 heterocycles. The van der Waals surface area contributed by atoms with Crippen molar-refractivity contribution in [3.8, 4) is 23.0 Å². The highest BCUT2D eigenvalue weighted by Gasteiger charge is 2.45. The number of carbonyl (C=O) groups excluding carboxylic acids is 1. The van der Waals surface area contributed by atoms with Crippen molar-refractivity contribution in [1.29, 1.82) is 0 Å². The van der Waals surface area contributed by atoms with Crippen molar-refractivity contribution in [3.63, 3.8) is 0 Å². The summed E-state index contributed by atoms with van der Waals surface area (Å²) < 4.78 is 36.0. The summed E-state index contributed by atoms with van der Waals surface area (Å²) in [6, 6.07) is 12.2. The molecule has 1 amide bonds. The average Bonchev–Trinajstić information content (AvgIpc) is 3.60. The van der Waals surface area contributed by atoms with Crippen LogP contribution in [0.4, 0.5) is 15.0 Å². The van der Waals surface area contributed by atoms with E-state index in [9.17, 15) is 4.79 Å².